The minimum atomic E-state index is 1.05. The highest BCUT2D eigenvalue weighted by molar-refractivity contribution is 5.37. The lowest BCUT2D eigenvalue weighted by atomic mass is 10.00. The summed E-state index contributed by atoms with van der Waals surface area (Å²) in [5.41, 5.74) is 4.89. The molecule has 2 aliphatic carbocycles. The van der Waals surface area contributed by atoms with E-state index in [1.807, 2.05) is 0 Å². The highest BCUT2D eigenvalue weighted by Crippen LogP contribution is 2.38. The first-order valence-corrected chi connectivity index (χ1v) is 5.13. The van der Waals surface area contributed by atoms with E-state index in [9.17, 15) is 0 Å². The predicted molar refractivity (Wildman–Crippen MR) is 53.0 cm³/mol. The fourth-order valence-electron chi connectivity index (χ4n) is 2.18. The molecule has 1 fully saturated rings. The molecule has 1 saturated carbocycles. The van der Waals surface area contributed by atoms with Crippen molar-refractivity contribution >= 4 is 0 Å². The van der Waals surface area contributed by atoms with Gasteiger partial charge < -0.3 is 0 Å². The van der Waals surface area contributed by atoms with E-state index in [0.29, 0.717) is 0 Å². The molecule has 2 rings (SSSR count). The van der Waals surface area contributed by atoms with E-state index >= 15 is 0 Å². The van der Waals surface area contributed by atoms with Crippen molar-refractivity contribution in [2.75, 3.05) is 0 Å². The smallest absolute Gasteiger partial charge is 0.0242 e. The first kappa shape index (κ1) is 8.10. The molecule has 0 aromatic heterocycles. The summed E-state index contributed by atoms with van der Waals surface area (Å²) >= 11 is 0. The summed E-state index contributed by atoms with van der Waals surface area (Å²) in [4.78, 5) is 0. The van der Waals surface area contributed by atoms with Crippen LogP contribution in [0.15, 0.2) is 22.8 Å². The molecule has 12 heavy (non-hydrogen) atoms. The van der Waals surface area contributed by atoms with Gasteiger partial charge in [-0.3, -0.25) is 0 Å². The average Bonchev–Trinajstić information content (AvgIpc) is 2.72. The van der Waals surface area contributed by atoms with Crippen LogP contribution in [0.25, 0.3) is 0 Å². The standard InChI is InChI=1S/C12H18/c1-9-4-3-5-12(9)10(2)8-11-6-7-11/h4,11H,3,5-8H2,1-2H3. The van der Waals surface area contributed by atoms with Gasteiger partial charge in [-0.25, -0.2) is 0 Å². The summed E-state index contributed by atoms with van der Waals surface area (Å²) in [6.45, 7) is 4.59. The van der Waals surface area contributed by atoms with Crippen LogP contribution in [0.4, 0.5) is 0 Å². The van der Waals surface area contributed by atoms with E-state index in [4.69, 9.17) is 0 Å². The molecule has 0 N–H and O–H groups in total. The van der Waals surface area contributed by atoms with Gasteiger partial charge in [0, 0.05) is 0 Å². The van der Waals surface area contributed by atoms with Crippen molar-refractivity contribution in [3.63, 3.8) is 0 Å². The quantitative estimate of drug-likeness (QED) is 0.578. The summed E-state index contributed by atoms with van der Waals surface area (Å²) in [6.07, 6.45) is 9.31. The topological polar surface area (TPSA) is 0 Å². The third kappa shape index (κ3) is 1.63. The predicted octanol–water partition coefficient (Wildman–Crippen LogP) is 3.84. The fraction of sp³-hybridized carbons (Fsp3) is 0.667. The second-order valence-corrected chi connectivity index (χ2v) is 4.33. The van der Waals surface area contributed by atoms with Crippen molar-refractivity contribution in [1.82, 2.24) is 0 Å². The Balaban J connectivity index is 2.06. The molecule has 0 radical (unpaired) electrons. The lowest BCUT2D eigenvalue weighted by Crippen LogP contribution is -1.88. The van der Waals surface area contributed by atoms with Gasteiger partial charge in [0.25, 0.3) is 0 Å². The summed E-state index contributed by atoms with van der Waals surface area (Å²) < 4.78 is 0. The maximum atomic E-state index is 2.38. The maximum absolute atomic E-state index is 2.38. The zero-order valence-electron chi connectivity index (χ0n) is 8.19. The van der Waals surface area contributed by atoms with Crippen LogP contribution in [-0.2, 0) is 0 Å². The Morgan fingerprint density at radius 3 is 2.75 bits per heavy atom. The molecule has 0 unspecified atom stereocenters. The Bertz CT molecular complexity index is 239. The molecule has 66 valence electrons. The molecule has 0 saturated heterocycles. The lowest BCUT2D eigenvalue weighted by Gasteiger charge is -2.06. The van der Waals surface area contributed by atoms with Crippen molar-refractivity contribution in [1.29, 1.82) is 0 Å². The van der Waals surface area contributed by atoms with Gasteiger partial charge in [0.2, 0.25) is 0 Å². The van der Waals surface area contributed by atoms with Crippen molar-refractivity contribution < 1.29 is 0 Å². The van der Waals surface area contributed by atoms with Gasteiger partial charge in [0.05, 0.1) is 0 Å². The van der Waals surface area contributed by atoms with Gasteiger partial charge in [-0.2, -0.15) is 0 Å². The van der Waals surface area contributed by atoms with Crippen molar-refractivity contribution in [2.24, 2.45) is 5.92 Å². The van der Waals surface area contributed by atoms with E-state index in [1.54, 1.807) is 16.7 Å². The second kappa shape index (κ2) is 3.08. The minimum absolute atomic E-state index is 1.05. The molecule has 0 spiro atoms. The molecule has 0 aliphatic heterocycles. The first-order valence-electron chi connectivity index (χ1n) is 5.13. The normalized spacial score (nSPS) is 27.3. The van der Waals surface area contributed by atoms with Gasteiger partial charge in [0.15, 0.2) is 0 Å². The van der Waals surface area contributed by atoms with Crippen molar-refractivity contribution in [3.8, 4) is 0 Å². The van der Waals surface area contributed by atoms with Gasteiger partial charge in [-0.05, 0) is 57.4 Å². The monoisotopic (exact) mass is 162 g/mol. The Hall–Kier alpha value is -0.520. The average molecular weight is 162 g/mol. The van der Waals surface area contributed by atoms with E-state index in [2.05, 4.69) is 19.9 Å². The molecular formula is C12H18. The summed E-state index contributed by atoms with van der Waals surface area (Å²) in [5.74, 6) is 1.05. The third-order valence-electron chi connectivity index (χ3n) is 3.13. The highest BCUT2D eigenvalue weighted by Gasteiger charge is 2.22. The molecule has 0 heterocycles. The minimum Gasteiger partial charge on any atom is -0.0810 e. The largest absolute Gasteiger partial charge is 0.0810 e. The maximum Gasteiger partial charge on any atom is -0.0242 e. The molecule has 0 nitrogen and oxygen atoms in total. The van der Waals surface area contributed by atoms with Gasteiger partial charge in [-0.15, -0.1) is 0 Å². The third-order valence-corrected chi connectivity index (χ3v) is 3.13. The van der Waals surface area contributed by atoms with E-state index in [1.165, 1.54) is 32.1 Å². The summed E-state index contributed by atoms with van der Waals surface area (Å²) in [7, 11) is 0. The van der Waals surface area contributed by atoms with Gasteiger partial charge in [-0.1, -0.05) is 17.2 Å². The van der Waals surface area contributed by atoms with Crippen LogP contribution in [0.3, 0.4) is 0 Å². The Morgan fingerprint density at radius 1 is 1.50 bits per heavy atom. The number of rotatable bonds is 2. The molecule has 0 atom stereocenters. The molecular weight excluding hydrogens is 144 g/mol. The number of hydrogen-bond acceptors (Lipinski definition) is 0. The zero-order chi connectivity index (χ0) is 8.55. The van der Waals surface area contributed by atoms with Crippen LogP contribution in [-0.4, -0.2) is 0 Å². The SMILES string of the molecule is CC1=CCCC1=C(C)CC1CC1. The van der Waals surface area contributed by atoms with E-state index in [-0.39, 0.29) is 0 Å². The Kier molecular flexibility index (Phi) is 2.08. The van der Waals surface area contributed by atoms with E-state index in [0.717, 1.165) is 5.92 Å². The van der Waals surface area contributed by atoms with Crippen LogP contribution >= 0.6 is 0 Å². The summed E-state index contributed by atoms with van der Waals surface area (Å²) in [5, 5.41) is 0. The second-order valence-electron chi connectivity index (χ2n) is 4.33. The first-order chi connectivity index (χ1) is 5.77. The van der Waals surface area contributed by atoms with Crippen LogP contribution in [0.5, 0.6) is 0 Å². The molecule has 0 aromatic rings. The van der Waals surface area contributed by atoms with Crippen molar-refractivity contribution in [3.05, 3.63) is 22.8 Å². The van der Waals surface area contributed by atoms with E-state index < -0.39 is 0 Å². The van der Waals surface area contributed by atoms with Crippen LogP contribution in [0.2, 0.25) is 0 Å². The van der Waals surface area contributed by atoms with Crippen molar-refractivity contribution in [2.45, 2.75) is 46.0 Å². The highest BCUT2D eigenvalue weighted by atomic mass is 14.3. The van der Waals surface area contributed by atoms with Gasteiger partial charge in [0.1, 0.15) is 0 Å². The van der Waals surface area contributed by atoms with Crippen LogP contribution in [0.1, 0.15) is 46.0 Å². The lowest BCUT2D eigenvalue weighted by molar-refractivity contribution is 0.804. The Labute approximate surface area is 75.4 Å². The molecule has 0 amide bonds. The molecule has 0 bridgehead atoms. The number of hydrogen-bond donors (Lipinski definition) is 0. The summed E-state index contributed by atoms with van der Waals surface area (Å²) in [6, 6.07) is 0. The molecule has 0 heteroatoms. The Morgan fingerprint density at radius 2 is 2.25 bits per heavy atom. The van der Waals surface area contributed by atoms with Crippen LogP contribution < -0.4 is 0 Å². The zero-order valence-corrected chi connectivity index (χ0v) is 8.19. The number of allylic oxidation sites excluding steroid dienone is 4. The molecule has 2 aliphatic rings. The van der Waals surface area contributed by atoms with Crippen LogP contribution in [0, 0.1) is 5.92 Å². The molecule has 0 aromatic carbocycles. The van der Waals surface area contributed by atoms with Gasteiger partial charge >= 0.3 is 0 Å². The fourth-order valence-corrected chi connectivity index (χ4v) is 2.18.